The highest BCUT2D eigenvalue weighted by Crippen LogP contribution is 2.25. The highest BCUT2D eigenvalue weighted by Gasteiger charge is 2.11. The van der Waals surface area contributed by atoms with Gasteiger partial charge in [-0.25, -0.2) is 4.98 Å². The van der Waals surface area contributed by atoms with Crippen LogP contribution >= 0.6 is 11.3 Å². The van der Waals surface area contributed by atoms with Gasteiger partial charge < -0.3 is 0 Å². The number of aromatic nitrogens is 4. The number of amides is 1. The molecule has 0 spiro atoms. The number of pyridine rings is 1. The van der Waals surface area contributed by atoms with E-state index in [4.69, 9.17) is 0 Å². The lowest BCUT2D eigenvalue weighted by Crippen LogP contribution is -2.12. The Morgan fingerprint density at radius 1 is 1.23 bits per heavy atom. The normalized spacial score (nSPS) is 11.1. The number of carbonyl (C=O) groups is 1. The molecule has 6 nitrogen and oxygen atoms in total. The van der Waals surface area contributed by atoms with Crippen LogP contribution in [-0.4, -0.2) is 25.5 Å². The molecule has 0 radical (unpaired) electrons. The van der Waals surface area contributed by atoms with Crippen molar-refractivity contribution in [1.29, 1.82) is 0 Å². The van der Waals surface area contributed by atoms with E-state index >= 15 is 0 Å². The van der Waals surface area contributed by atoms with Gasteiger partial charge in [0.15, 0.2) is 10.8 Å². The summed E-state index contributed by atoms with van der Waals surface area (Å²) in [6.07, 6.45) is 1.79. The topological polar surface area (TPSA) is 72.2 Å². The molecule has 108 valence electrons. The van der Waals surface area contributed by atoms with E-state index in [1.807, 2.05) is 35.6 Å². The van der Waals surface area contributed by atoms with Gasteiger partial charge in [-0.1, -0.05) is 23.5 Å². The minimum atomic E-state index is -0.206. The Bertz CT molecular complexity index is 970. The van der Waals surface area contributed by atoms with Gasteiger partial charge in [0.1, 0.15) is 5.82 Å². The lowest BCUT2D eigenvalue weighted by atomic mass is 10.2. The number of fused-ring (bicyclic) bond motifs is 2. The van der Waals surface area contributed by atoms with Crippen molar-refractivity contribution in [3.8, 4) is 0 Å². The van der Waals surface area contributed by atoms with Crippen molar-refractivity contribution < 1.29 is 4.79 Å². The molecule has 1 N–H and O–H groups in total. The van der Waals surface area contributed by atoms with Crippen LogP contribution in [0.3, 0.4) is 0 Å². The predicted molar refractivity (Wildman–Crippen MR) is 85.3 cm³/mol. The van der Waals surface area contributed by atoms with E-state index in [0.717, 1.165) is 16.0 Å². The fourth-order valence-electron chi connectivity index (χ4n) is 2.25. The van der Waals surface area contributed by atoms with Gasteiger partial charge >= 0.3 is 0 Å². The van der Waals surface area contributed by atoms with Crippen LogP contribution in [-0.2, 0) is 0 Å². The molecule has 22 heavy (non-hydrogen) atoms. The number of aryl methyl sites for hydroxylation is 1. The molecule has 0 atom stereocenters. The summed E-state index contributed by atoms with van der Waals surface area (Å²) in [5.74, 6) is 0.579. The number of benzene rings is 1. The largest absolute Gasteiger partial charge is 0.298 e. The number of anilines is 1. The zero-order chi connectivity index (χ0) is 15.1. The number of para-hydroxylation sites is 1. The van der Waals surface area contributed by atoms with E-state index in [0.29, 0.717) is 16.3 Å². The molecule has 4 rings (SSSR count). The van der Waals surface area contributed by atoms with Crippen LogP contribution in [0.4, 0.5) is 5.13 Å². The van der Waals surface area contributed by atoms with E-state index in [-0.39, 0.29) is 5.91 Å². The smallest absolute Gasteiger partial charge is 0.257 e. The number of thiazole rings is 1. The molecular formula is C15H11N5OS. The molecular weight excluding hydrogens is 298 g/mol. The number of hydrogen-bond donors (Lipinski definition) is 1. The lowest BCUT2D eigenvalue weighted by molar-refractivity contribution is 0.102. The number of carbonyl (C=O) groups excluding carboxylic acids is 1. The van der Waals surface area contributed by atoms with Crippen molar-refractivity contribution in [3.05, 3.63) is 54.0 Å². The number of nitrogens with zero attached hydrogens (tertiary/aromatic N) is 4. The van der Waals surface area contributed by atoms with Gasteiger partial charge in [0, 0.05) is 11.8 Å². The van der Waals surface area contributed by atoms with Gasteiger partial charge in [0.25, 0.3) is 5.91 Å². The predicted octanol–water partition coefficient (Wildman–Crippen LogP) is 2.90. The van der Waals surface area contributed by atoms with E-state index in [1.54, 1.807) is 18.3 Å². The third-order valence-corrected chi connectivity index (χ3v) is 4.31. The summed E-state index contributed by atoms with van der Waals surface area (Å²) < 4.78 is 2.87. The number of hydrogen-bond acceptors (Lipinski definition) is 5. The fraction of sp³-hybridized carbons (Fsp3) is 0.0667. The molecule has 0 saturated carbocycles. The van der Waals surface area contributed by atoms with Crippen LogP contribution in [0.1, 0.15) is 16.2 Å². The van der Waals surface area contributed by atoms with Crippen molar-refractivity contribution in [2.75, 3.05) is 5.32 Å². The van der Waals surface area contributed by atoms with E-state index < -0.39 is 0 Å². The van der Waals surface area contributed by atoms with Crippen LogP contribution in [0.5, 0.6) is 0 Å². The summed E-state index contributed by atoms with van der Waals surface area (Å²) in [7, 11) is 0. The highest BCUT2D eigenvalue weighted by atomic mass is 32.1. The Labute approximate surface area is 129 Å². The highest BCUT2D eigenvalue weighted by molar-refractivity contribution is 7.22. The van der Waals surface area contributed by atoms with Crippen molar-refractivity contribution in [2.45, 2.75) is 6.92 Å². The molecule has 0 aliphatic carbocycles. The van der Waals surface area contributed by atoms with Gasteiger partial charge in [0.05, 0.1) is 10.2 Å². The molecule has 7 heteroatoms. The molecule has 0 unspecified atom stereocenters. The Hall–Kier alpha value is -2.80. The summed E-state index contributed by atoms with van der Waals surface area (Å²) >= 11 is 1.45. The number of nitrogens with one attached hydrogen (secondary N) is 1. The molecule has 0 bridgehead atoms. The maximum absolute atomic E-state index is 12.3. The Morgan fingerprint density at radius 2 is 2.09 bits per heavy atom. The maximum atomic E-state index is 12.3. The van der Waals surface area contributed by atoms with Gasteiger partial charge in [-0.3, -0.25) is 14.5 Å². The Morgan fingerprint density at radius 3 is 2.95 bits per heavy atom. The molecule has 0 fully saturated rings. The van der Waals surface area contributed by atoms with Crippen LogP contribution in [0.15, 0.2) is 42.6 Å². The van der Waals surface area contributed by atoms with Gasteiger partial charge in [-0.05, 0) is 31.2 Å². The number of rotatable bonds is 2. The SMILES string of the molecule is Cc1nnc2cc(C(=O)Nc3nc4ccccc4s3)ccn12. The Kier molecular flexibility index (Phi) is 2.87. The summed E-state index contributed by atoms with van der Waals surface area (Å²) in [5, 5.41) is 11.4. The summed E-state index contributed by atoms with van der Waals surface area (Å²) in [4.78, 5) is 16.7. The summed E-state index contributed by atoms with van der Waals surface area (Å²) in [6, 6.07) is 11.2. The molecule has 3 aromatic heterocycles. The maximum Gasteiger partial charge on any atom is 0.257 e. The van der Waals surface area contributed by atoms with Crippen molar-refractivity contribution in [1.82, 2.24) is 19.6 Å². The van der Waals surface area contributed by atoms with E-state index in [1.165, 1.54) is 11.3 Å². The van der Waals surface area contributed by atoms with Crippen molar-refractivity contribution >= 4 is 38.2 Å². The standard InChI is InChI=1S/C15H11N5OS/c1-9-18-19-13-8-10(6-7-20(9)13)14(21)17-15-16-11-4-2-3-5-12(11)22-15/h2-8H,1H3,(H,16,17,21). The molecule has 4 aromatic rings. The van der Waals surface area contributed by atoms with Gasteiger partial charge in [-0.2, -0.15) is 0 Å². The molecule has 0 saturated heterocycles. The summed E-state index contributed by atoms with van der Waals surface area (Å²) in [5.41, 5.74) is 2.06. The molecule has 1 amide bonds. The molecule has 0 aliphatic heterocycles. The first-order valence-electron chi connectivity index (χ1n) is 6.69. The van der Waals surface area contributed by atoms with Crippen LogP contribution < -0.4 is 5.32 Å². The molecule has 1 aromatic carbocycles. The van der Waals surface area contributed by atoms with Crippen molar-refractivity contribution in [2.24, 2.45) is 0 Å². The third-order valence-electron chi connectivity index (χ3n) is 3.36. The average Bonchev–Trinajstić information content (AvgIpc) is 3.10. The van der Waals surface area contributed by atoms with Crippen LogP contribution in [0.25, 0.3) is 15.9 Å². The quantitative estimate of drug-likeness (QED) is 0.618. The monoisotopic (exact) mass is 309 g/mol. The minimum Gasteiger partial charge on any atom is -0.298 e. The second-order valence-electron chi connectivity index (χ2n) is 4.83. The van der Waals surface area contributed by atoms with Gasteiger partial charge in [-0.15, -0.1) is 10.2 Å². The van der Waals surface area contributed by atoms with Crippen LogP contribution in [0, 0.1) is 6.92 Å². The third kappa shape index (κ3) is 2.11. The molecule has 0 aliphatic rings. The second-order valence-corrected chi connectivity index (χ2v) is 5.86. The fourth-order valence-corrected chi connectivity index (χ4v) is 3.11. The molecule has 3 heterocycles. The average molecular weight is 309 g/mol. The van der Waals surface area contributed by atoms with Gasteiger partial charge in [0.2, 0.25) is 0 Å². The minimum absolute atomic E-state index is 0.206. The zero-order valence-corrected chi connectivity index (χ0v) is 12.5. The first-order valence-corrected chi connectivity index (χ1v) is 7.51. The second kappa shape index (κ2) is 4.88. The summed E-state index contributed by atoms with van der Waals surface area (Å²) in [6.45, 7) is 1.86. The first-order chi connectivity index (χ1) is 10.7. The zero-order valence-electron chi connectivity index (χ0n) is 11.6. The Balaban J connectivity index is 1.64. The van der Waals surface area contributed by atoms with Crippen LogP contribution in [0.2, 0.25) is 0 Å². The first kappa shape index (κ1) is 12.9. The van der Waals surface area contributed by atoms with E-state index in [2.05, 4.69) is 20.5 Å². The lowest BCUT2D eigenvalue weighted by Gasteiger charge is -2.02. The van der Waals surface area contributed by atoms with Crippen molar-refractivity contribution in [3.63, 3.8) is 0 Å². The van der Waals surface area contributed by atoms with E-state index in [9.17, 15) is 4.79 Å².